The Labute approximate surface area is 174 Å². The van der Waals surface area contributed by atoms with Crippen LogP contribution in [0, 0.1) is 30.1 Å². The average Bonchev–Trinajstić information content (AvgIpc) is 2.95. The number of nitrogens with zero attached hydrogens (tertiary/aromatic N) is 2. The molecule has 0 saturated heterocycles. The Morgan fingerprint density at radius 3 is 2.68 bits per heavy atom. The highest BCUT2D eigenvalue weighted by Crippen LogP contribution is 2.30. The quantitative estimate of drug-likeness (QED) is 0.496. The summed E-state index contributed by atoms with van der Waals surface area (Å²) >= 11 is 2.70. The van der Waals surface area contributed by atoms with Crippen LogP contribution in [-0.2, 0) is 11.2 Å². The second-order valence-corrected chi connectivity index (χ2v) is 9.88. The van der Waals surface area contributed by atoms with Crippen LogP contribution in [-0.4, -0.2) is 27.2 Å². The lowest BCUT2D eigenvalue weighted by molar-refractivity contribution is -0.120. The summed E-state index contributed by atoms with van der Waals surface area (Å²) in [5, 5.41) is 13.2. The molecule has 1 amide bonds. The number of H-pyrrole nitrogens is 1. The van der Waals surface area contributed by atoms with E-state index in [1.807, 2.05) is 20.8 Å². The lowest BCUT2D eigenvalue weighted by Gasteiger charge is -2.27. The van der Waals surface area contributed by atoms with Crippen LogP contribution in [0.25, 0.3) is 10.2 Å². The Hall–Kier alpha value is -1.85. The molecule has 0 aliphatic carbocycles. The summed E-state index contributed by atoms with van der Waals surface area (Å²) in [6.07, 6.45) is 1.92. The number of nitriles is 1. The zero-order valence-corrected chi connectivity index (χ0v) is 18.9. The number of hydrogen-bond acceptors (Lipinski definition) is 6. The predicted molar refractivity (Wildman–Crippen MR) is 116 cm³/mol. The maximum Gasteiger partial charge on any atom is 0.260 e. The van der Waals surface area contributed by atoms with Crippen molar-refractivity contribution < 1.29 is 4.79 Å². The van der Waals surface area contributed by atoms with Crippen molar-refractivity contribution in [3.8, 4) is 6.07 Å². The zero-order chi connectivity index (χ0) is 21.1. The van der Waals surface area contributed by atoms with Crippen molar-refractivity contribution in [3.05, 3.63) is 20.8 Å². The number of fused-ring (bicyclic) bond motifs is 1. The molecule has 28 heavy (non-hydrogen) atoms. The molecule has 0 aliphatic rings. The lowest BCUT2D eigenvalue weighted by Crippen LogP contribution is -2.49. The Bertz CT molecular complexity index is 957. The van der Waals surface area contributed by atoms with E-state index < -0.39 is 5.54 Å². The van der Waals surface area contributed by atoms with E-state index in [0.29, 0.717) is 21.3 Å². The highest BCUT2D eigenvalue weighted by Gasteiger charge is 2.30. The highest BCUT2D eigenvalue weighted by atomic mass is 32.2. The van der Waals surface area contributed by atoms with E-state index in [1.165, 1.54) is 23.1 Å². The van der Waals surface area contributed by atoms with Crippen molar-refractivity contribution in [2.24, 2.45) is 11.8 Å². The van der Waals surface area contributed by atoms with E-state index in [1.54, 1.807) is 6.92 Å². The number of carbonyl (C=O) groups excluding carboxylic acids is 1. The van der Waals surface area contributed by atoms with E-state index in [-0.39, 0.29) is 23.1 Å². The molecule has 2 aromatic rings. The molecule has 2 rings (SSSR count). The van der Waals surface area contributed by atoms with Crippen LogP contribution < -0.4 is 10.9 Å². The van der Waals surface area contributed by atoms with Gasteiger partial charge in [-0.25, -0.2) is 4.98 Å². The van der Waals surface area contributed by atoms with E-state index in [0.717, 1.165) is 23.3 Å². The van der Waals surface area contributed by atoms with Crippen molar-refractivity contribution in [1.29, 1.82) is 5.26 Å². The normalized spacial score (nSPS) is 14.6. The Morgan fingerprint density at radius 2 is 2.11 bits per heavy atom. The molecular formula is C20H28N4O2S2. The van der Waals surface area contributed by atoms with Gasteiger partial charge in [0.2, 0.25) is 5.91 Å². The van der Waals surface area contributed by atoms with Gasteiger partial charge in [-0.15, -0.1) is 11.3 Å². The maximum absolute atomic E-state index is 12.7. The van der Waals surface area contributed by atoms with Crippen molar-refractivity contribution in [3.63, 3.8) is 0 Å². The van der Waals surface area contributed by atoms with Crippen molar-refractivity contribution in [2.75, 3.05) is 5.75 Å². The number of thiophene rings is 1. The second kappa shape index (κ2) is 9.10. The molecule has 152 valence electrons. The van der Waals surface area contributed by atoms with Crippen LogP contribution in [0.15, 0.2) is 9.95 Å². The van der Waals surface area contributed by atoms with Gasteiger partial charge in [-0.2, -0.15) is 5.26 Å². The largest absolute Gasteiger partial charge is 0.337 e. The van der Waals surface area contributed by atoms with E-state index >= 15 is 0 Å². The van der Waals surface area contributed by atoms with Crippen LogP contribution in [0.1, 0.15) is 51.5 Å². The summed E-state index contributed by atoms with van der Waals surface area (Å²) < 4.78 is 0. The van der Waals surface area contributed by atoms with Crippen LogP contribution in [0.3, 0.4) is 0 Å². The predicted octanol–water partition coefficient (Wildman–Crippen LogP) is 4.03. The number of nitrogens with one attached hydrogen (secondary N) is 2. The number of aryl methyl sites for hydroxylation is 1. The summed E-state index contributed by atoms with van der Waals surface area (Å²) in [7, 11) is 0. The number of aromatic amines is 1. The van der Waals surface area contributed by atoms with Gasteiger partial charge < -0.3 is 10.3 Å². The van der Waals surface area contributed by atoms with E-state index in [9.17, 15) is 14.9 Å². The van der Waals surface area contributed by atoms with Crippen molar-refractivity contribution in [2.45, 2.75) is 65.1 Å². The Kier molecular flexibility index (Phi) is 7.29. The molecule has 2 heterocycles. The van der Waals surface area contributed by atoms with E-state index in [2.05, 4.69) is 35.2 Å². The number of thioether (sulfide) groups is 1. The molecule has 0 aliphatic heterocycles. The van der Waals surface area contributed by atoms with Crippen LogP contribution >= 0.6 is 23.1 Å². The lowest BCUT2D eigenvalue weighted by atomic mass is 9.90. The first-order valence-corrected chi connectivity index (χ1v) is 11.3. The molecule has 0 radical (unpaired) electrons. The van der Waals surface area contributed by atoms with Crippen LogP contribution in [0.4, 0.5) is 0 Å². The number of carbonyl (C=O) groups is 1. The molecule has 8 heteroatoms. The Morgan fingerprint density at radius 1 is 1.43 bits per heavy atom. The molecule has 0 bridgehead atoms. The minimum absolute atomic E-state index is 0.0150. The molecular weight excluding hydrogens is 392 g/mol. The summed E-state index contributed by atoms with van der Waals surface area (Å²) in [6, 6.07) is 2.16. The van der Waals surface area contributed by atoms with Crippen molar-refractivity contribution in [1.82, 2.24) is 15.3 Å². The molecule has 2 N–H and O–H groups in total. The fraction of sp³-hybridized carbons (Fsp3) is 0.600. The highest BCUT2D eigenvalue weighted by molar-refractivity contribution is 7.99. The van der Waals surface area contributed by atoms with Crippen LogP contribution in [0.5, 0.6) is 0 Å². The van der Waals surface area contributed by atoms with Gasteiger partial charge in [0.1, 0.15) is 10.4 Å². The molecule has 0 saturated carbocycles. The number of rotatable bonds is 8. The fourth-order valence-electron chi connectivity index (χ4n) is 2.72. The summed E-state index contributed by atoms with van der Waals surface area (Å²) in [6.45, 7) is 11.8. The molecule has 2 aromatic heterocycles. The van der Waals surface area contributed by atoms with Gasteiger partial charge in [-0.3, -0.25) is 9.59 Å². The molecule has 0 aromatic carbocycles. The third-order valence-electron chi connectivity index (χ3n) is 5.22. The molecule has 0 unspecified atom stereocenters. The smallest absolute Gasteiger partial charge is 0.260 e. The van der Waals surface area contributed by atoms with E-state index in [4.69, 9.17) is 0 Å². The minimum atomic E-state index is -0.918. The topological polar surface area (TPSA) is 98.6 Å². The third-order valence-corrected chi connectivity index (χ3v) is 7.13. The maximum atomic E-state index is 12.7. The standard InChI is InChI=1S/C20H28N4O2S2/c1-7-12(4)8-14-13(5)28-18-16(14)17(26)22-19(23-18)27-9-15(25)24-20(6,10-21)11(2)3/h11-12H,7-9H2,1-6H3,(H,24,25)(H,22,23,26)/t12-,20+/m0/s1. The number of aromatic nitrogens is 2. The summed E-state index contributed by atoms with van der Waals surface area (Å²) in [5.41, 5.74) is 0.0109. The number of hydrogen-bond donors (Lipinski definition) is 2. The number of amides is 1. The Balaban J connectivity index is 2.18. The summed E-state index contributed by atoms with van der Waals surface area (Å²) in [4.78, 5) is 34.1. The van der Waals surface area contributed by atoms with Gasteiger partial charge in [-0.1, -0.05) is 45.9 Å². The molecule has 6 nitrogen and oxygen atoms in total. The molecule has 2 atom stereocenters. The van der Waals surface area contributed by atoms with Gasteiger partial charge in [-0.05, 0) is 37.7 Å². The SMILES string of the molecule is CC[C@H](C)Cc1c(C)sc2nc(SCC(=O)N[C@](C)(C#N)C(C)C)[nH]c(=O)c12. The fourth-order valence-corrected chi connectivity index (χ4v) is 4.50. The first kappa shape index (κ1) is 22.4. The van der Waals surface area contributed by atoms with Crippen molar-refractivity contribution >= 4 is 39.2 Å². The monoisotopic (exact) mass is 420 g/mol. The first-order valence-electron chi connectivity index (χ1n) is 9.48. The van der Waals surface area contributed by atoms with Gasteiger partial charge in [0.25, 0.3) is 5.56 Å². The van der Waals surface area contributed by atoms with Gasteiger partial charge >= 0.3 is 0 Å². The van der Waals surface area contributed by atoms with Gasteiger partial charge in [0, 0.05) is 4.88 Å². The molecule has 0 fully saturated rings. The second-order valence-electron chi connectivity index (χ2n) is 7.71. The first-order chi connectivity index (χ1) is 13.1. The molecule has 0 spiro atoms. The van der Waals surface area contributed by atoms with Gasteiger partial charge in [0.15, 0.2) is 5.16 Å². The average molecular weight is 421 g/mol. The zero-order valence-electron chi connectivity index (χ0n) is 17.3. The van der Waals surface area contributed by atoms with Gasteiger partial charge in [0.05, 0.1) is 17.2 Å². The third kappa shape index (κ3) is 4.95. The summed E-state index contributed by atoms with van der Waals surface area (Å²) in [5.74, 6) is 0.316. The minimum Gasteiger partial charge on any atom is -0.337 e. The van der Waals surface area contributed by atoms with Crippen LogP contribution in [0.2, 0.25) is 0 Å².